The fraction of sp³-hybridized carbons (Fsp3) is 0.600. The summed E-state index contributed by atoms with van der Waals surface area (Å²) in [4.78, 5) is 2.46. The molecule has 1 heterocycles. The summed E-state index contributed by atoms with van der Waals surface area (Å²) in [6.07, 6.45) is 0. The summed E-state index contributed by atoms with van der Waals surface area (Å²) in [5, 5.41) is 3.62. The van der Waals surface area contributed by atoms with Gasteiger partial charge in [0.2, 0.25) is 0 Å². The van der Waals surface area contributed by atoms with Gasteiger partial charge in [0.1, 0.15) is 5.75 Å². The van der Waals surface area contributed by atoms with E-state index in [9.17, 15) is 0 Å². The van der Waals surface area contributed by atoms with E-state index in [1.165, 1.54) is 11.3 Å². The average Bonchev–Trinajstić information content (AvgIpc) is 2.46. The minimum absolute atomic E-state index is 0.122. The fourth-order valence-corrected chi connectivity index (χ4v) is 2.45. The molecule has 100 valence electrons. The molecule has 0 fully saturated rings. The van der Waals surface area contributed by atoms with E-state index in [1.54, 1.807) is 7.11 Å². The van der Waals surface area contributed by atoms with Crippen LogP contribution in [0.5, 0.6) is 5.75 Å². The highest BCUT2D eigenvalue weighted by atomic mass is 16.5. The number of ether oxygens (including phenoxy) is 1. The summed E-state index contributed by atoms with van der Waals surface area (Å²) in [7, 11) is 1.72. The van der Waals surface area contributed by atoms with E-state index in [0.717, 1.165) is 18.8 Å². The Morgan fingerprint density at radius 1 is 1.33 bits per heavy atom. The maximum atomic E-state index is 5.35. The zero-order chi connectivity index (χ0) is 13.3. The lowest BCUT2D eigenvalue weighted by Gasteiger charge is -2.35. The normalized spacial score (nSPS) is 18.4. The van der Waals surface area contributed by atoms with Crippen LogP contribution in [0.1, 0.15) is 33.3 Å². The molecule has 0 saturated heterocycles. The van der Waals surface area contributed by atoms with E-state index in [1.807, 2.05) is 6.07 Å². The first-order valence-electron chi connectivity index (χ1n) is 6.61. The first kappa shape index (κ1) is 13.2. The van der Waals surface area contributed by atoms with Crippen LogP contribution in [0.15, 0.2) is 18.2 Å². The first-order valence-corrected chi connectivity index (χ1v) is 6.61. The number of anilines is 1. The van der Waals surface area contributed by atoms with Gasteiger partial charge in [0, 0.05) is 36.4 Å². The van der Waals surface area contributed by atoms with Crippen molar-refractivity contribution in [1.82, 2.24) is 5.32 Å². The number of nitrogens with one attached hydrogen (secondary N) is 1. The Labute approximate surface area is 110 Å². The van der Waals surface area contributed by atoms with Crippen LogP contribution >= 0.6 is 0 Å². The van der Waals surface area contributed by atoms with Gasteiger partial charge in [-0.25, -0.2) is 0 Å². The minimum Gasteiger partial charge on any atom is -0.497 e. The quantitative estimate of drug-likeness (QED) is 0.871. The monoisotopic (exact) mass is 248 g/mol. The topological polar surface area (TPSA) is 24.5 Å². The van der Waals surface area contributed by atoms with Gasteiger partial charge >= 0.3 is 0 Å². The number of nitrogens with zero attached hydrogens (tertiary/aromatic N) is 1. The molecular weight excluding hydrogens is 224 g/mol. The summed E-state index contributed by atoms with van der Waals surface area (Å²) in [6.45, 7) is 10.9. The maximum absolute atomic E-state index is 5.35. The van der Waals surface area contributed by atoms with Crippen LogP contribution in [-0.4, -0.2) is 25.2 Å². The van der Waals surface area contributed by atoms with E-state index in [0.29, 0.717) is 6.04 Å². The molecule has 0 unspecified atom stereocenters. The molecule has 3 heteroatoms. The number of methoxy groups -OCH3 is 1. The van der Waals surface area contributed by atoms with Crippen LogP contribution in [0.4, 0.5) is 5.69 Å². The molecule has 0 saturated carbocycles. The Hall–Kier alpha value is -1.22. The van der Waals surface area contributed by atoms with Gasteiger partial charge in [-0.1, -0.05) is 6.07 Å². The van der Waals surface area contributed by atoms with Crippen LogP contribution in [-0.2, 0) is 6.54 Å². The third kappa shape index (κ3) is 2.61. The molecule has 0 amide bonds. The summed E-state index contributed by atoms with van der Waals surface area (Å²) in [5.74, 6) is 0.930. The van der Waals surface area contributed by atoms with Crippen molar-refractivity contribution in [2.45, 2.75) is 45.8 Å². The molecule has 3 nitrogen and oxygen atoms in total. The van der Waals surface area contributed by atoms with Crippen molar-refractivity contribution in [3.63, 3.8) is 0 Å². The Morgan fingerprint density at radius 3 is 2.67 bits per heavy atom. The van der Waals surface area contributed by atoms with Crippen molar-refractivity contribution in [2.75, 3.05) is 18.6 Å². The molecule has 0 spiro atoms. The molecule has 1 aromatic carbocycles. The molecule has 1 aromatic rings. The second-order valence-electron chi connectivity index (χ2n) is 5.95. The van der Waals surface area contributed by atoms with Gasteiger partial charge in [-0.15, -0.1) is 0 Å². The molecule has 1 aliphatic heterocycles. The Kier molecular flexibility index (Phi) is 3.53. The third-order valence-electron chi connectivity index (χ3n) is 3.55. The molecule has 18 heavy (non-hydrogen) atoms. The lowest BCUT2D eigenvalue weighted by atomic mass is 10.0. The zero-order valence-electron chi connectivity index (χ0n) is 12.1. The van der Waals surface area contributed by atoms with Crippen molar-refractivity contribution >= 4 is 5.69 Å². The van der Waals surface area contributed by atoms with Gasteiger partial charge in [0.05, 0.1) is 7.11 Å². The predicted octanol–water partition coefficient (Wildman–Crippen LogP) is 2.79. The van der Waals surface area contributed by atoms with E-state index >= 15 is 0 Å². The van der Waals surface area contributed by atoms with Gasteiger partial charge in [-0.05, 0) is 39.3 Å². The van der Waals surface area contributed by atoms with E-state index < -0.39 is 0 Å². The molecule has 0 bridgehead atoms. The van der Waals surface area contributed by atoms with Crippen molar-refractivity contribution in [3.05, 3.63) is 23.8 Å². The molecule has 0 aliphatic carbocycles. The molecule has 1 N–H and O–H groups in total. The van der Waals surface area contributed by atoms with Crippen LogP contribution in [0.3, 0.4) is 0 Å². The number of benzene rings is 1. The Bertz CT molecular complexity index is 427. The molecule has 0 atom stereocenters. The highest BCUT2D eigenvalue weighted by Gasteiger charge is 2.28. The molecule has 1 aliphatic rings. The minimum atomic E-state index is 0.122. The maximum Gasteiger partial charge on any atom is 0.120 e. The summed E-state index contributed by atoms with van der Waals surface area (Å²) >= 11 is 0. The largest absolute Gasteiger partial charge is 0.497 e. The zero-order valence-corrected chi connectivity index (χ0v) is 12.1. The summed E-state index contributed by atoms with van der Waals surface area (Å²) < 4.78 is 5.35. The van der Waals surface area contributed by atoms with Crippen LogP contribution < -0.4 is 15.0 Å². The third-order valence-corrected chi connectivity index (χ3v) is 3.55. The number of hydrogen-bond acceptors (Lipinski definition) is 3. The van der Waals surface area contributed by atoms with Crippen LogP contribution in [0.2, 0.25) is 0 Å². The van der Waals surface area contributed by atoms with Crippen molar-refractivity contribution in [3.8, 4) is 5.75 Å². The van der Waals surface area contributed by atoms with E-state index in [-0.39, 0.29) is 5.54 Å². The lowest BCUT2D eigenvalue weighted by Crippen LogP contribution is -2.48. The smallest absolute Gasteiger partial charge is 0.120 e. The predicted molar refractivity (Wildman–Crippen MR) is 76.4 cm³/mol. The standard InChI is InChI=1S/C15H24N2O/c1-11(2)17-10-15(3,4)16-9-12-6-7-13(18-5)8-14(12)17/h6-8,11,16H,9-10H2,1-5H3. The first-order chi connectivity index (χ1) is 8.43. The van der Waals surface area contributed by atoms with Gasteiger partial charge in [0.15, 0.2) is 0 Å². The fourth-order valence-electron chi connectivity index (χ4n) is 2.45. The van der Waals surface area contributed by atoms with E-state index in [4.69, 9.17) is 4.74 Å². The Balaban J connectivity index is 2.45. The van der Waals surface area contributed by atoms with Crippen molar-refractivity contribution < 1.29 is 4.74 Å². The molecule has 0 aromatic heterocycles. The SMILES string of the molecule is COc1ccc2c(c1)N(C(C)C)CC(C)(C)NC2. The molecule has 2 rings (SSSR count). The highest BCUT2D eigenvalue weighted by Crippen LogP contribution is 2.31. The van der Waals surface area contributed by atoms with Gasteiger partial charge in [-0.3, -0.25) is 0 Å². The number of fused-ring (bicyclic) bond motifs is 1. The average molecular weight is 248 g/mol. The summed E-state index contributed by atoms with van der Waals surface area (Å²) in [5.41, 5.74) is 2.76. The van der Waals surface area contributed by atoms with Crippen molar-refractivity contribution in [2.24, 2.45) is 0 Å². The second kappa shape index (κ2) is 4.81. The van der Waals surface area contributed by atoms with Crippen LogP contribution in [0, 0.1) is 0 Å². The lowest BCUT2D eigenvalue weighted by molar-refractivity contribution is 0.388. The highest BCUT2D eigenvalue weighted by molar-refractivity contribution is 5.59. The van der Waals surface area contributed by atoms with Crippen LogP contribution in [0.25, 0.3) is 0 Å². The van der Waals surface area contributed by atoms with Crippen molar-refractivity contribution in [1.29, 1.82) is 0 Å². The summed E-state index contributed by atoms with van der Waals surface area (Å²) in [6, 6.07) is 6.84. The molecular formula is C15H24N2O. The van der Waals surface area contributed by atoms with Gasteiger partial charge < -0.3 is 15.0 Å². The van der Waals surface area contributed by atoms with Gasteiger partial charge in [-0.2, -0.15) is 0 Å². The Morgan fingerprint density at radius 2 is 2.06 bits per heavy atom. The number of rotatable bonds is 2. The van der Waals surface area contributed by atoms with E-state index in [2.05, 4.69) is 50.0 Å². The second-order valence-corrected chi connectivity index (χ2v) is 5.95. The number of hydrogen-bond donors (Lipinski definition) is 1. The molecule has 0 radical (unpaired) electrons. The van der Waals surface area contributed by atoms with Gasteiger partial charge in [0.25, 0.3) is 0 Å².